The van der Waals surface area contributed by atoms with Crippen LogP contribution in [0.15, 0.2) is 91.0 Å². The van der Waals surface area contributed by atoms with E-state index in [-0.39, 0.29) is 61.8 Å². The van der Waals surface area contributed by atoms with Crippen molar-refractivity contribution in [1.82, 2.24) is 0 Å². The predicted molar refractivity (Wildman–Crippen MR) is 131 cm³/mol. The summed E-state index contributed by atoms with van der Waals surface area (Å²) in [6.07, 6.45) is 0.975. The van der Waals surface area contributed by atoms with Gasteiger partial charge in [-0.3, -0.25) is 0 Å². The van der Waals surface area contributed by atoms with Gasteiger partial charge in [0.25, 0.3) is 0 Å². The van der Waals surface area contributed by atoms with Crippen molar-refractivity contribution in [2.75, 3.05) is 0 Å². The van der Waals surface area contributed by atoms with Gasteiger partial charge in [-0.2, -0.15) is 23.8 Å². The van der Waals surface area contributed by atoms with Crippen LogP contribution in [0.5, 0.6) is 0 Å². The zero-order valence-corrected chi connectivity index (χ0v) is 24.1. The van der Waals surface area contributed by atoms with Gasteiger partial charge in [0.05, 0.1) is 0 Å². The minimum Gasteiger partial charge on any atom is -1.00 e. The molecule has 0 unspecified atom stereocenters. The molecule has 171 valence electrons. The van der Waals surface area contributed by atoms with Crippen molar-refractivity contribution < 1.29 is 51.0 Å². The van der Waals surface area contributed by atoms with Crippen LogP contribution in [-0.2, 0) is 43.5 Å². The van der Waals surface area contributed by atoms with Crippen LogP contribution in [0.1, 0.15) is 61.1 Å². The molecule has 0 amide bonds. The van der Waals surface area contributed by atoms with E-state index >= 15 is 0 Å². The first kappa shape index (κ1) is 28.6. The van der Waals surface area contributed by atoms with Crippen LogP contribution in [0.25, 0.3) is 11.1 Å². The van der Waals surface area contributed by atoms with E-state index < -0.39 is 0 Å². The molecular weight excluding hydrogens is 534 g/mol. The topological polar surface area (TPSA) is 0 Å². The molecule has 34 heavy (non-hydrogen) atoms. The fourth-order valence-corrected chi connectivity index (χ4v) is 4.88. The summed E-state index contributed by atoms with van der Waals surface area (Å²) in [7, 11) is 0. The van der Waals surface area contributed by atoms with Gasteiger partial charge in [-0.05, 0) is 28.5 Å². The van der Waals surface area contributed by atoms with E-state index in [0.717, 1.165) is 6.42 Å². The van der Waals surface area contributed by atoms with E-state index in [1.165, 1.54) is 44.5 Å². The molecule has 0 spiro atoms. The third kappa shape index (κ3) is 4.99. The second-order valence-electron chi connectivity index (χ2n) is 9.81. The molecule has 0 nitrogen and oxygen atoms in total. The van der Waals surface area contributed by atoms with Crippen LogP contribution >= 0.6 is 0 Å². The van der Waals surface area contributed by atoms with Crippen molar-refractivity contribution in [2.24, 2.45) is 0 Å². The van der Waals surface area contributed by atoms with Crippen molar-refractivity contribution in [3.63, 3.8) is 0 Å². The number of benzene rings is 4. The Bertz CT molecular complexity index is 1150. The summed E-state index contributed by atoms with van der Waals surface area (Å²) in [5.74, 6) is 0. The number of fused-ring (bicyclic) bond motifs is 3. The Hall–Kier alpha value is -1.66. The standard InChI is InChI=1S/C31H29.2ClH.Zr/c1-30(2,24-11-7-5-8-12-24)26-17-15-22-19-23-16-18-27(21-29(23)28(22)20-26)31(3,4)25-13-9-6-10-14-25;;;/h5-15,17-18,20-21H,19H2,1-4H3;2*1H;/q-1;;;+3/p-2. The number of rotatable bonds is 4. The van der Waals surface area contributed by atoms with Gasteiger partial charge in [0.15, 0.2) is 0 Å². The molecule has 1 aliphatic rings. The van der Waals surface area contributed by atoms with Gasteiger partial charge in [0, 0.05) is 5.41 Å². The first-order valence-electron chi connectivity index (χ1n) is 11.2. The Labute approximate surface area is 236 Å². The molecule has 0 heterocycles. The quantitative estimate of drug-likeness (QED) is 0.292. The molecule has 0 bridgehead atoms. The largest absolute Gasteiger partial charge is 3.00 e. The van der Waals surface area contributed by atoms with E-state index in [4.69, 9.17) is 0 Å². The second-order valence-corrected chi connectivity index (χ2v) is 9.81. The van der Waals surface area contributed by atoms with Crippen molar-refractivity contribution in [2.45, 2.75) is 44.9 Å². The predicted octanol–water partition coefficient (Wildman–Crippen LogP) is 1.72. The van der Waals surface area contributed by atoms with Crippen molar-refractivity contribution in [3.05, 3.63) is 130 Å². The summed E-state index contributed by atoms with van der Waals surface area (Å²) in [5, 5.41) is 0. The molecule has 0 saturated carbocycles. The summed E-state index contributed by atoms with van der Waals surface area (Å²) in [6, 6.07) is 36.9. The molecule has 1 radical (unpaired) electrons. The van der Waals surface area contributed by atoms with Crippen LogP contribution in [0, 0.1) is 6.07 Å². The molecule has 0 fully saturated rings. The molecule has 1 aliphatic carbocycles. The van der Waals surface area contributed by atoms with Gasteiger partial charge in [-0.25, -0.2) is 0 Å². The van der Waals surface area contributed by atoms with Gasteiger partial charge in [-0.15, -0.1) is 11.1 Å². The Kier molecular flexibility index (Phi) is 9.20. The van der Waals surface area contributed by atoms with Gasteiger partial charge < -0.3 is 24.8 Å². The zero-order valence-electron chi connectivity index (χ0n) is 20.1. The van der Waals surface area contributed by atoms with Gasteiger partial charge in [-0.1, -0.05) is 118 Å². The SMILES string of the molecule is CC(C)(c1ccccc1)c1c[c-]c2c(c1)-c1cc(C(C)(C)c3ccccc3)ccc1C2.[Cl-].[Cl-].[Zr+3]. The fraction of sp³-hybridized carbons (Fsp3) is 0.226. The van der Waals surface area contributed by atoms with Gasteiger partial charge in [0.2, 0.25) is 0 Å². The van der Waals surface area contributed by atoms with E-state index in [2.05, 4.69) is 125 Å². The van der Waals surface area contributed by atoms with Crippen LogP contribution in [0.4, 0.5) is 0 Å². The van der Waals surface area contributed by atoms with Crippen molar-refractivity contribution in [3.8, 4) is 11.1 Å². The van der Waals surface area contributed by atoms with Crippen LogP contribution in [0.3, 0.4) is 0 Å². The third-order valence-corrected chi connectivity index (χ3v) is 7.23. The summed E-state index contributed by atoms with van der Waals surface area (Å²) in [5.41, 5.74) is 10.7. The summed E-state index contributed by atoms with van der Waals surface area (Å²) < 4.78 is 0. The number of hydrogen-bond acceptors (Lipinski definition) is 0. The molecule has 0 aliphatic heterocycles. The average Bonchev–Trinajstić information content (AvgIpc) is 3.17. The van der Waals surface area contributed by atoms with Gasteiger partial charge >= 0.3 is 26.2 Å². The summed E-state index contributed by atoms with van der Waals surface area (Å²) in [6.45, 7) is 9.26. The summed E-state index contributed by atoms with van der Waals surface area (Å²) >= 11 is 0. The molecule has 0 saturated heterocycles. The number of halogens is 2. The van der Waals surface area contributed by atoms with Crippen LogP contribution in [-0.4, -0.2) is 0 Å². The molecule has 4 aromatic carbocycles. The Morgan fingerprint density at radius 2 is 1.09 bits per heavy atom. The van der Waals surface area contributed by atoms with Crippen LogP contribution in [0.2, 0.25) is 0 Å². The van der Waals surface area contributed by atoms with Gasteiger partial charge in [0.1, 0.15) is 0 Å². The number of hydrogen-bond donors (Lipinski definition) is 0. The molecule has 3 heteroatoms. The maximum absolute atomic E-state index is 3.63. The summed E-state index contributed by atoms with van der Waals surface area (Å²) in [4.78, 5) is 0. The monoisotopic (exact) mass is 561 g/mol. The molecule has 4 aromatic rings. The normalized spacial score (nSPS) is 11.9. The molecule has 0 atom stereocenters. The van der Waals surface area contributed by atoms with Crippen molar-refractivity contribution >= 4 is 0 Å². The first-order valence-corrected chi connectivity index (χ1v) is 11.2. The molecular formula is C31H29Cl2Zr. The van der Waals surface area contributed by atoms with E-state index in [1.54, 1.807) is 0 Å². The third-order valence-electron chi connectivity index (χ3n) is 7.23. The maximum atomic E-state index is 3.63. The molecule has 0 aromatic heterocycles. The maximum Gasteiger partial charge on any atom is 3.00 e. The minimum atomic E-state index is -0.0591. The Morgan fingerprint density at radius 3 is 1.65 bits per heavy atom. The van der Waals surface area contributed by atoms with Crippen molar-refractivity contribution in [1.29, 1.82) is 0 Å². The zero-order chi connectivity index (χ0) is 21.6. The first-order chi connectivity index (χ1) is 14.9. The Balaban J connectivity index is 0.00000136. The minimum absolute atomic E-state index is 0. The van der Waals surface area contributed by atoms with E-state index in [9.17, 15) is 0 Å². The fourth-order valence-electron chi connectivity index (χ4n) is 4.88. The Morgan fingerprint density at radius 1 is 0.588 bits per heavy atom. The molecule has 5 rings (SSSR count). The smallest absolute Gasteiger partial charge is 1.00 e. The average molecular weight is 564 g/mol. The van der Waals surface area contributed by atoms with E-state index in [0.29, 0.717) is 0 Å². The molecule has 0 N–H and O–H groups in total. The van der Waals surface area contributed by atoms with E-state index in [1.807, 2.05) is 0 Å². The second kappa shape index (κ2) is 10.9. The van der Waals surface area contributed by atoms with Crippen LogP contribution < -0.4 is 24.8 Å².